The first-order valence-electron chi connectivity index (χ1n) is 5.49. The van der Waals surface area contributed by atoms with Crippen molar-refractivity contribution in [1.82, 2.24) is 0 Å². The first-order valence-corrected chi connectivity index (χ1v) is 5.49. The van der Waals surface area contributed by atoms with Gasteiger partial charge in [0, 0.05) is 11.6 Å². The van der Waals surface area contributed by atoms with Crippen molar-refractivity contribution >= 4 is 5.97 Å². The van der Waals surface area contributed by atoms with Gasteiger partial charge in [0.25, 0.3) is 0 Å². The Bertz CT molecular complexity index is 620. The first-order chi connectivity index (χ1) is 8.60. The lowest BCUT2D eigenvalue weighted by molar-refractivity contribution is 0.0491. The van der Waals surface area contributed by atoms with Crippen molar-refractivity contribution < 1.29 is 18.4 Å². The summed E-state index contributed by atoms with van der Waals surface area (Å²) in [5, 5.41) is 0. The van der Waals surface area contributed by atoms with Crippen molar-refractivity contribution in [3.05, 3.63) is 46.2 Å². The summed E-state index contributed by atoms with van der Waals surface area (Å²) in [5.74, 6) is 0.488. The normalized spacial score (nSPS) is 10.3. The summed E-state index contributed by atoms with van der Waals surface area (Å²) in [6.45, 7) is 3.66. The number of carbonyl (C=O) groups is 1. The summed E-state index contributed by atoms with van der Waals surface area (Å²) >= 11 is 0. The van der Waals surface area contributed by atoms with Gasteiger partial charge >= 0.3 is 11.6 Å². The van der Waals surface area contributed by atoms with E-state index in [1.807, 2.05) is 0 Å². The fourth-order valence-electron chi connectivity index (χ4n) is 1.55. The van der Waals surface area contributed by atoms with Crippen LogP contribution in [0.4, 0.5) is 0 Å². The fraction of sp³-hybridized carbons (Fsp3) is 0.231. The summed E-state index contributed by atoms with van der Waals surface area (Å²) in [4.78, 5) is 22.7. The molecule has 0 fully saturated rings. The lowest BCUT2D eigenvalue weighted by Crippen LogP contribution is -2.02. The predicted molar refractivity (Wildman–Crippen MR) is 63.4 cm³/mol. The largest absolute Gasteiger partial charge is 0.460 e. The second-order valence-electron chi connectivity index (χ2n) is 3.66. The van der Waals surface area contributed by atoms with Crippen LogP contribution in [-0.4, -0.2) is 12.6 Å². The van der Waals surface area contributed by atoms with Gasteiger partial charge in [0.1, 0.15) is 11.5 Å². The van der Waals surface area contributed by atoms with Crippen molar-refractivity contribution in [2.24, 2.45) is 0 Å². The Balaban J connectivity index is 2.34. The van der Waals surface area contributed by atoms with Crippen LogP contribution in [0.15, 0.2) is 37.9 Å². The summed E-state index contributed by atoms with van der Waals surface area (Å²) in [6, 6.07) is 6.09. The Morgan fingerprint density at radius 3 is 2.72 bits per heavy atom. The van der Waals surface area contributed by atoms with Crippen LogP contribution >= 0.6 is 0 Å². The van der Waals surface area contributed by atoms with E-state index in [0.717, 1.165) is 0 Å². The van der Waals surface area contributed by atoms with Crippen molar-refractivity contribution in [2.75, 3.05) is 6.61 Å². The SMILES string of the molecule is CCOC(=O)c1ccc(-c2cc(C)oc(=O)c2)o1. The van der Waals surface area contributed by atoms with Gasteiger partial charge in [0.15, 0.2) is 0 Å². The van der Waals surface area contributed by atoms with Crippen LogP contribution < -0.4 is 5.63 Å². The molecule has 5 heteroatoms. The number of esters is 1. The predicted octanol–water partition coefficient (Wildman–Crippen LogP) is 2.38. The van der Waals surface area contributed by atoms with Gasteiger partial charge in [-0.15, -0.1) is 0 Å². The maximum absolute atomic E-state index is 11.4. The summed E-state index contributed by atoms with van der Waals surface area (Å²) in [6.07, 6.45) is 0. The number of rotatable bonds is 3. The fourth-order valence-corrected chi connectivity index (χ4v) is 1.55. The van der Waals surface area contributed by atoms with E-state index in [2.05, 4.69) is 0 Å². The Morgan fingerprint density at radius 1 is 1.28 bits per heavy atom. The van der Waals surface area contributed by atoms with E-state index < -0.39 is 11.6 Å². The maximum atomic E-state index is 11.4. The van der Waals surface area contributed by atoms with Crippen LogP contribution in [0.5, 0.6) is 0 Å². The minimum absolute atomic E-state index is 0.109. The number of furan rings is 1. The highest BCUT2D eigenvalue weighted by Crippen LogP contribution is 2.22. The van der Waals surface area contributed by atoms with E-state index in [-0.39, 0.29) is 12.4 Å². The Hall–Kier alpha value is -2.30. The van der Waals surface area contributed by atoms with Gasteiger partial charge in [-0.05, 0) is 32.0 Å². The average Bonchev–Trinajstić information content (AvgIpc) is 2.77. The Morgan fingerprint density at radius 2 is 2.06 bits per heavy atom. The van der Waals surface area contributed by atoms with Gasteiger partial charge in [-0.2, -0.15) is 0 Å². The van der Waals surface area contributed by atoms with Crippen LogP contribution in [0.25, 0.3) is 11.3 Å². The third-order valence-electron chi connectivity index (χ3n) is 2.26. The second kappa shape index (κ2) is 4.91. The number of aryl methyl sites for hydroxylation is 1. The molecule has 0 bridgehead atoms. The zero-order valence-corrected chi connectivity index (χ0v) is 10.1. The molecule has 2 aromatic heterocycles. The van der Waals surface area contributed by atoms with Gasteiger partial charge in [-0.3, -0.25) is 0 Å². The van der Waals surface area contributed by atoms with Crippen LogP contribution in [0.2, 0.25) is 0 Å². The standard InChI is InChI=1S/C13H12O5/c1-3-16-13(15)11-5-4-10(18-11)9-6-8(2)17-12(14)7-9/h4-7H,3H2,1-2H3. The molecule has 0 aromatic carbocycles. The molecular weight excluding hydrogens is 236 g/mol. The zero-order valence-electron chi connectivity index (χ0n) is 10.1. The molecule has 2 heterocycles. The summed E-state index contributed by atoms with van der Waals surface area (Å²) < 4.78 is 15.0. The number of ether oxygens (including phenoxy) is 1. The second-order valence-corrected chi connectivity index (χ2v) is 3.66. The molecule has 5 nitrogen and oxygen atoms in total. The highest BCUT2D eigenvalue weighted by Gasteiger charge is 2.13. The monoisotopic (exact) mass is 248 g/mol. The van der Waals surface area contributed by atoms with E-state index >= 15 is 0 Å². The minimum Gasteiger partial charge on any atom is -0.460 e. The minimum atomic E-state index is -0.525. The molecule has 0 atom stereocenters. The van der Waals surface area contributed by atoms with E-state index in [1.54, 1.807) is 26.0 Å². The zero-order chi connectivity index (χ0) is 13.1. The third-order valence-corrected chi connectivity index (χ3v) is 2.26. The van der Waals surface area contributed by atoms with E-state index in [9.17, 15) is 9.59 Å². The molecule has 0 aliphatic rings. The van der Waals surface area contributed by atoms with E-state index in [1.165, 1.54) is 12.1 Å². The smallest absolute Gasteiger partial charge is 0.374 e. The number of hydrogen-bond donors (Lipinski definition) is 0. The molecule has 0 saturated carbocycles. The molecule has 0 saturated heterocycles. The molecule has 0 N–H and O–H groups in total. The van der Waals surface area contributed by atoms with Crippen LogP contribution in [0, 0.1) is 6.92 Å². The van der Waals surface area contributed by atoms with Gasteiger partial charge in [0.05, 0.1) is 6.61 Å². The molecule has 2 aromatic rings. The molecule has 0 amide bonds. The van der Waals surface area contributed by atoms with Crippen LogP contribution in [0.3, 0.4) is 0 Å². The van der Waals surface area contributed by atoms with Crippen molar-refractivity contribution in [2.45, 2.75) is 13.8 Å². The lowest BCUT2D eigenvalue weighted by atomic mass is 10.2. The third kappa shape index (κ3) is 2.51. The van der Waals surface area contributed by atoms with Crippen LogP contribution in [-0.2, 0) is 4.74 Å². The molecule has 0 aliphatic carbocycles. The first kappa shape index (κ1) is 12.2. The van der Waals surface area contributed by atoms with Gasteiger partial charge < -0.3 is 13.6 Å². The Kier molecular flexibility index (Phi) is 3.32. The molecule has 94 valence electrons. The molecule has 18 heavy (non-hydrogen) atoms. The molecule has 0 spiro atoms. The summed E-state index contributed by atoms with van der Waals surface area (Å²) in [7, 11) is 0. The Labute approximate surface area is 103 Å². The molecule has 0 unspecified atom stereocenters. The van der Waals surface area contributed by atoms with Gasteiger partial charge in [-0.1, -0.05) is 0 Å². The molecule has 0 radical (unpaired) electrons. The molecule has 2 rings (SSSR count). The van der Waals surface area contributed by atoms with Crippen molar-refractivity contribution in [3.8, 4) is 11.3 Å². The van der Waals surface area contributed by atoms with Crippen molar-refractivity contribution in [1.29, 1.82) is 0 Å². The van der Waals surface area contributed by atoms with Gasteiger partial charge in [0.2, 0.25) is 5.76 Å². The van der Waals surface area contributed by atoms with E-state index in [0.29, 0.717) is 17.1 Å². The van der Waals surface area contributed by atoms with E-state index in [4.69, 9.17) is 13.6 Å². The quantitative estimate of drug-likeness (QED) is 0.780. The van der Waals surface area contributed by atoms with Crippen LogP contribution in [0.1, 0.15) is 23.2 Å². The number of carbonyl (C=O) groups excluding carboxylic acids is 1. The average molecular weight is 248 g/mol. The summed E-state index contributed by atoms with van der Waals surface area (Å²) in [5.41, 5.74) is 0.110. The topological polar surface area (TPSA) is 69.7 Å². The van der Waals surface area contributed by atoms with Gasteiger partial charge in [-0.25, -0.2) is 9.59 Å². The number of hydrogen-bond acceptors (Lipinski definition) is 5. The maximum Gasteiger partial charge on any atom is 0.374 e. The highest BCUT2D eigenvalue weighted by atomic mass is 16.5. The molecular formula is C13H12O5. The highest BCUT2D eigenvalue weighted by molar-refractivity contribution is 5.87. The molecule has 0 aliphatic heterocycles. The van der Waals surface area contributed by atoms with Crippen molar-refractivity contribution in [3.63, 3.8) is 0 Å². The lowest BCUT2D eigenvalue weighted by Gasteiger charge is -1.98.